The Hall–Kier alpha value is -1.72. The summed E-state index contributed by atoms with van der Waals surface area (Å²) in [6, 6.07) is -0.443. The standard InChI is InChI=1S/C8H9FN4O/c9-6-8(12-3-2-11-6)13-4-1-5(13)7(10)14/h2-3,5H,1,4H2,(H2,10,14). The van der Waals surface area contributed by atoms with Gasteiger partial charge in [0, 0.05) is 18.9 Å². The zero-order valence-corrected chi connectivity index (χ0v) is 7.35. The van der Waals surface area contributed by atoms with Crippen LogP contribution >= 0.6 is 0 Å². The average Bonchev–Trinajstić information content (AvgIpc) is 2.05. The van der Waals surface area contributed by atoms with Crippen LogP contribution in [0.5, 0.6) is 0 Å². The summed E-state index contributed by atoms with van der Waals surface area (Å²) in [5.74, 6) is -1.03. The molecule has 0 radical (unpaired) electrons. The maximum atomic E-state index is 13.1. The van der Waals surface area contributed by atoms with Gasteiger partial charge in [0.1, 0.15) is 6.04 Å². The van der Waals surface area contributed by atoms with Gasteiger partial charge in [-0.1, -0.05) is 0 Å². The Morgan fingerprint density at radius 1 is 1.57 bits per heavy atom. The Morgan fingerprint density at radius 3 is 2.79 bits per heavy atom. The van der Waals surface area contributed by atoms with Gasteiger partial charge < -0.3 is 10.6 Å². The number of nitrogens with zero attached hydrogens (tertiary/aromatic N) is 3. The van der Waals surface area contributed by atoms with Crippen LogP contribution in [-0.4, -0.2) is 28.5 Å². The molecule has 0 bridgehead atoms. The summed E-state index contributed by atoms with van der Waals surface area (Å²) in [7, 11) is 0. The van der Waals surface area contributed by atoms with Crippen LogP contribution in [-0.2, 0) is 4.79 Å². The molecule has 0 spiro atoms. The summed E-state index contributed by atoms with van der Waals surface area (Å²) in [4.78, 5) is 19.7. The van der Waals surface area contributed by atoms with Crippen molar-refractivity contribution < 1.29 is 9.18 Å². The topological polar surface area (TPSA) is 72.1 Å². The molecule has 1 aromatic rings. The lowest BCUT2D eigenvalue weighted by molar-refractivity contribution is -0.120. The van der Waals surface area contributed by atoms with Gasteiger partial charge in [-0.25, -0.2) is 9.97 Å². The molecule has 1 amide bonds. The van der Waals surface area contributed by atoms with Crippen LogP contribution in [0.4, 0.5) is 10.2 Å². The number of nitrogens with two attached hydrogens (primary N) is 1. The monoisotopic (exact) mass is 196 g/mol. The second kappa shape index (κ2) is 3.21. The first-order valence-electron chi connectivity index (χ1n) is 4.22. The fourth-order valence-corrected chi connectivity index (χ4v) is 1.44. The van der Waals surface area contributed by atoms with E-state index in [9.17, 15) is 9.18 Å². The predicted octanol–water partition coefficient (Wildman–Crippen LogP) is -0.320. The highest BCUT2D eigenvalue weighted by atomic mass is 19.1. The van der Waals surface area contributed by atoms with Gasteiger partial charge in [-0.2, -0.15) is 4.39 Å². The van der Waals surface area contributed by atoms with Crippen LogP contribution in [0.1, 0.15) is 6.42 Å². The Labute approximate surface area is 79.8 Å². The van der Waals surface area contributed by atoms with Gasteiger partial charge in [-0.3, -0.25) is 4.79 Å². The number of anilines is 1. The Kier molecular flexibility index (Phi) is 2.03. The summed E-state index contributed by atoms with van der Waals surface area (Å²) >= 11 is 0. The summed E-state index contributed by atoms with van der Waals surface area (Å²) in [5.41, 5.74) is 5.12. The minimum absolute atomic E-state index is 0.0996. The SMILES string of the molecule is NC(=O)C1CCN1c1nccnc1F. The first kappa shape index (κ1) is 8.86. The highest BCUT2D eigenvalue weighted by molar-refractivity contribution is 5.85. The van der Waals surface area contributed by atoms with Crippen molar-refractivity contribution in [1.82, 2.24) is 9.97 Å². The Morgan fingerprint density at radius 2 is 2.29 bits per heavy atom. The van der Waals surface area contributed by atoms with E-state index in [4.69, 9.17) is 5.73 Å². The minimum Gasteiger partial charge on any atom is -0.368 e. The number of aromatic nitrogens is 2. The van der Waals surface area contributed by atoms with E-state index in [-0.39, 0.29) is 5.82 Å². The van der Waals surface area contributed by atoms with Crippen molar-refractivity contribution in [1.29, 1.82) is 0 Å². The van der Waals surface area contributed by atoms with Gasteiger partial charge in [0.15, 0.2) is 5.82 Å². The van der Waals surface area contributed by atoms with Crippen molar-refractivity contribution in [2.45, 2.75) is 12.5 Å². The predicted molar refractivity (Wildman–Crippen MR) is 46.9 cm³/mol. The second-order valence-corrected chi connectivity index (χ2v) is 3.07. The molecular weight excluding hydrogens is 187 g/mol. The van der Waals surface area contributed by atoms with Crippen molar-refractivity contribution in [3.63, 3.8) is 0 Å². The third-order valence-corrected chi connectivity index (χ3v) is 2.26. The Bertz CT molecular complexity index is 370. The Balaban J connectivity index is 2.24. The molecule has 1 atom stereocenters. The third kappa shape index (κ3) is 1.28. The van der Waals surface area contributed by atoms with Gasteiger partial charge in [0.25, 0.3) is 5.95 Å². The highest BCUT2D eigenvalue weighted by Gasteiger charge is 2.35. The van der Waals surface area contributed by atoms with Gasteiger partial charge >= 0.3 is 0 Å². The lowest BCUT2D eigenvalue weighted by Gasteiger charge is -2.39. The molecule has 14 heavy (non-hydrogen) atoms. The molecular formula is C8H9FN4O. The number of rotatable bonds is 2. The van der Waals surface area contributed by atoms with Gasteiger partial charge in [-0.05, 0) is 6.42 Å². The van der Waals surface area contributed by atoms with E-state index in [2.05, 4.69) is 9.97 Å². The first-order valence-corrected chi connectivity index (χ1v) is 4.22. The van der Waals surface area contributed by atoms with Crippen molar-refractivity contribution in [2.75, 3.05) is 11.4 Å². The molecule has 1 unspecified atom stereocenters. The van der Waals surface area contributed by atoms with Crippen LogP contribution < -0.4 is 10.6 Å². The quantitative estimate of drug-likeness (QED) is 0.703. The van der Waals surface area contributed by atoms with Crippen molar-refractivity contribution in [3.05, 3.63) is 18.3 Å². The van der Waals surface area contributed by atoms with E-state index in [0.717, 1.165) is 0 Å². The van der Waals surface area contributed by atoms with Crippen LogP contribution in [0, 0.1) is 5.95 Å². The smallest absolute Gasteiger partial charge is 0.255 e. The fourth-order valence-electron chi connectivity index (χ4n) is 1.44. The molecule has 6 heteroatoms. The molecule has 1 fully saturated rings. The number of hydrogen-bond acceptors (Lipinski definition) is 4. The molecule has 2 heterocycles. The summed E-state index contributed by atoms with van der Waals surface area (Å²) in [5, 5.41) is 0. The molecule has 2 N–H and O–H groups in total. The van der Waals surface area contributed by atoms with Crippen LogP contribution in [0.3, 0.4) is 0 Å². The summed E-state index contributed by atoms with van der Waals surface area (Å²) < 4.78 is 13.1. The normalized spacial score (nSPS) is 20.4. The van der Waals surface area contributed by atoms with E-state index < -0.39 is 17.9 Å². The van der Waals surface area contributed by atoms with Crippen LogP contribution in [0.2, 0.25) is 0 Å². The average molecular weight is 196 g/mol. The largest absolute Gasteiger partial charge is 0.368 e. The fraction of sp³-hybridized carbons (Fsp3) is 0.375. The molecule has 74 valence electrons. The third-order valence-electron chi connectivity index (χ3n) is 2.26. The summed E-state index contributed by atoms with van der Waals surface area (Å²) in [6.07, 6.45) is 3.29. The molecule has 1 aromatic heterocycles. The molecule has 5 nitrogen and oxygen atoms in total. The van der Waals surface area contributed by atoms with E-state index >= 15 is 0 Å². The molecule has 0 aliphatic carbocycles. The molecule has 0 saturated carbocycles. The van der Waals surface area contributed by atoms with Gasteiger partial charge in [-0.15, -0.1) is 0 Å². The number of primary amides is 1. The highest BCUT2D eigenvalue weighted by Crippen LogP contribution is 2.25. The van der Waals surface area contributed by atoms with Gasteiger partial charge in [0.2, 0.25) is 5.91 Å². The zero-order valence-electron chi connectivity index (χ0n) is 7.35. The van der Waals surface area contributed by atoms with Gasteiger partial charge in [0.05, 0.1) is 0 Å². The van der Waals surface area contributed by atoms with E-state index in [0.29, 0.717) is 13.0 Å². The van der Waals surface area contributed by atoms with Crippen molar-refractivity contribution >= 4 is 11.7 Å². The van der Waals surface area contributed by atoms with E-state index in [1.54, 1.807) is 0 Å². The minimum atomic E-state index is -0.668. The lowest BCUT2D eigenvalue weighted by Crippen LogP contribution is -2.55. The molecule has 1 aliphatic heterocycles. The number of hydrogen-bond donors (Lipinski definition) is 1. The number of carbonyl (C=O) groups is 1. The molecule has 1 aliphatic rings. The maximum absolute atomic E-state index is 13.1. The lowest BCUT2D eigenvalue weighted by atomic mass is 10.0. The number of halogens is 1. The van der Waals surface area contributed by atoms with Crippen molar-refractivity contribution in [2.24, 2.45) is 5.73 Å². The van der Waals surface area contributed by atoms with Crippen molar-refractivity contribution in [3.8, 4) is 0 Å². The molecule has 1 saturated heterocycles. The number of carbonyl (C=O) groups excluding carboxylic acids is 1. The summed E-state index contributed by atoms with van der Waals surface area (Å²) in [6.45, 7) is 0.587. The zero-order chi connectivity index (χ0) is 10.1. The molecule has 2 rings (SSSR count). The number of amides is 1. The van der Waals surface area contributed by atoms with E-state index in [1.165, 1.54) is 17.3 Å². The first-order chi connectivity index (χ1) is 6.70. The van der Waals surface area contributed by atoms with Crippen LogP contribution in [0.25, 0.3) is 0 Å². The van der Waals surface area contributed by atoms with E-state index in [1.807, 2.05) is 0 Å². The van der Waals surface area contributed by atoms with Crippen LogP contribution in [0.15, 0.2) is 12.4 Å². The second-order valence-electron chi connectivity index (χ2n) is 3.07. The molecule has 0 aromatic carbocycles. The maximum Gasteiger partial charge on any atom is 0.255 e.